The third kappa shape index (κ3) is 12.9. The maximum Gasteiger partial charge on any atom is 0.643 e. The van der Waals surface area contributed by atoms with Crippen LogP contribution in [0.5, 0.6) is 0 Å². The van der Waals surface area contributed by atoms with Gasteiger partial charge in [-0.15, -0.1) is 0 Å². The molecule has 2 aliphatic rings. The van der Waals surface area contributed by atoms with E-state index in [1.165, 1.54) is 36.0 Å². The lowest BCUT2D eigenvalue weighted by Crippen LogP contribution is -2.34. The lowest BCUT2D eigenvalue weighted by atomic mass is 9.62. The predicted molar refractivity (Wildman–Crippen MR) is 248 cm³/mol. The van der Waals surface area contributed by atoms with Crippen molar-refractivity contribution < 1.29 is 9.59 Å². The van der Waals surface area contributed by atoms with Crippen LogP contribution in [0.25, 0.3) is 0 Å². The van der Waals surface area contributed by atoms with Crippen molar-refractivity contribution in [1.82, 2.24) is 0 Å². The molecule has 4 aromatic carbocycles. The van der Waals surface area contributed by atoms with E-state index in [1.807, 2.05) is 36.4 Å². The van der Waals surface area contributed by atoms with E-state index >= 15 is 0 Å². The average molecular weight is 1030 g/mol. The minimum Gasteiger partial charge on any atom is -0.289 e. The number of carbonyl (C=O) groups is 2. The normalized spacial score (nSPS) is 16.8. The summed E-state index contributed by atoms with van der Waals surface area (Å²) in [7, 11) is 14.8. The van der Waals surface area contributed by atoms with Gasteiger partial charge in [-0.2, -0.15) is 0 Å². The Bertz CT molecular complexity index is 1900. The van der Waals surface area contributed by atoms with E-state index in [9.17, 15) is 9.59 Å². The van der Waals surface area contributed by atoms with Gasteiger partial charge in [-0.3, -0.25) is 9.59 Å². The summed E-state index contributed by atoms with van der Waals surface area (Å²) in [5.74, 6) is 0.130. The summed E-state index contributed by atoms with van der Waals surface area (Å²) < 4.78 is 2.24. The first-order valence-electron chi connectivity index (χ1n) is 17.8. The molecule has 0 fully saturated rings. The van der Waals surface area contributed by atoms with Gasteiger partial charge in [0.05, 0.1) is 0 Å². The Kier molecular flexibility index (Phi) is 16.9. The van der Waals surface area contributed by atoms with Crippen molar-refractivity contribution in [3.8, 4) is 0 Å². The molecule has 53 heavy (non-hydrogen) atoms. The maximum atomic E-state index is 13.0. The molecule has 4 aromatic rings. The Hall–Kier alpha value is -0.628. The van der Waals surface area contributed by atoms with Gasteiger partial charge in [0.15, 0.2) is 5.78 Å². The molecule has 0 aliphatic heterocycles. The molecule has 0 spiro atoms. The number of hydrogen-bond acceptors (Lipinski definition) is 2. The number of rotatable bonds is 3. The summed E-state index contributed by atoms with van der Waals surface area (Å²) in [6.07, 6.45) is 4.95. The number of fused-ring (bicyclic) bond motifs is 2. The highest BCUT2D eigenvalue weighted by Crippen LogP contribution is 2.47. The highest BCUT2D eigenvalue weighted by molar-refractivity contribution is 14.1. The smallest absolute Gasteiger partial charge is 0.289 e. The van der Waals surface area contributed by atoms with Gasteiger partial charge in [0.25, 0.3) is 5.24 Å². The largest absolute Gasteiger partial charge is 0.643 e. The second kappa shape index (κ2) is 19.2. The minimum atomic E-state index is -1.72. The lowest BCUT2D eigenvalue weighted by Gasteiger charge is -2.42. The Morgan fingerprint density at radius 3 is 1.32 bits per heavy atom. The van der Waals surface area contributed by atoms with Crippen LogP contribution in [0, 0.1) is 21.0 Å². The molecule has 2 aliphatic carbocycles. The Labute approximate surface area is 367 Å². The fourth-order valence-corrected chi connectivity index (χ4v) is 7.85. The van der Waals surface area contributed by atoms with Gasteiger partial charge in [0, 0.05) is 23.8 Å². The van der Waals surface area contributed by atoms with Gasteiger partial charge in [-0.1, -0.05) is 85.2 Å². The summed E-state index contributed by atoms with van der Waals surface area (Å²) in [6, 6.07) is 26.4. The fraction of sp³-hybridized carbons (Fsp3) is 0.409. The van der Waals surface area contributed by atoms with E-state index in [-0.39, 0.29) is 16.6 Å². The van der Waals surface area contributed by atoms with Crippen LogP contribution in [0.1, 0.15) is 141 Å². The van der Waals surface area contributed by atoms with Crippen LogP contribution >= 0.6 is 86.9 Å². The van der Waals surface area contributed by atoms with Gasteiger partial charge < -0.3 is 0 Å². The first-order chi connectivity index (χ1) is 24.4. The van der Waals surface area contributed by atoms with Crippen LogP contribution in [0.4, 0.5) is 0 Å². The zero-order valence-electron chi connectivity index (χ0n) is 32.5. The van der Waals surface area contributed by atoms with Crippen molar-refractivity contribution in [2.24, 2.45) is 0 Å². The zero-order valence-corrected chi connectivity index (χ0v) is 41.0. The molecular weight excluding hydrogens is 983 g/mol. The van der Waals surface area contributed by atoms with Crippen LogP contribution in [0.3, 0.4) is 0 Å². The Morgan fingerprint density at radius 2 is 0.906 bits per heavy atom. The summed E-state index contributed by atoms with van der Waals surface area (Å²) in [5, 5.41) is -0.406. The molecule has 0 saturated carbocycles. The molecular formula is C44H51AlCl4I2O2. The number of hydrogen-bond donors (Lipinski definition) is 0. The highest BCUT2D eigenvalue weighted by atomic mass is 127. The van der Waals surface area contributed by atoms with Gasteiger partial charge in [0.1, 0.15) is 0 Å². The van der Waals surface area contributed by atoms with E-state index < -0.39 is 16.6 Å². The van der Waals surface area contributed by atoms with Crippen LogP contribution < -0.4 is 0 Å². The first-order valence-corrected chi connectivity index (χ1v) is 25.6. The number of benzene rings is 4. The Morgan fingerprint density at radius 1 is 0.547 bits per heavy atom. The zero-order chi connectivity index (χ0) is 40.1. The minimum absolute atomic E-state index is 0.125. The molecule has 6 rings (SSSR count). The predicted octanol–water partition coefficient (Wildman–Crippen LogP) is 14.9. The van der Waals surface area contributed by atoms with Gasteiger partial charge >= 0.3 is 11.4 Å². The molecule has 0 amide bonds. The van der Waals surface area contributed by atoms with E-state index in [0.717, 1.165) is 30.3 Å². The summed E-state index contributed by atoms with van der Waals surface area (Å²) in [6.45, 7) is 23.0. The molecule has 0 aromatic heterocycles. The lowest BCUT2D eigenvalue weighted by molar-refractivity contribution is 0.103. The van der Waals surface area contributed by atoms with Crippen molar-refractivity contribution in [3.05, 3.63) is 136 Å². The number of ketones is 1. The maximum absolute atomic E-state index is 13.0. The summed E-state index contributed by atoms with van der Waals surface area (Å²) >= 11 is 7.92. The molecule has 0 atom stereocenters. The van der Waals surface area contributed by atoms with Crippen molar-refractivity contribution >= 4 is 109 Å². The average Bonchev–Trinajstić information content (AvgIpc) is 3.06. The van der Waals surface area contributed by atoms with Crippen molar-refractivity contribution in [2.45, 2.75) is 117 Å². The monoisotopic (exact) mass is 1030 g/mol. The van der Waals surface area contributed by atoms with Crippen molar-refractivity contribution in [1.29, 1.82) is 0 Å². The number of carbonyl (C=O) groups excluding carboxylic acids is 2. The van der Waals surface area contributed by atoms with E-state index in [1.54, 1.807) is 23.3 Å². The van der Waals surface area contributed by atoms with Crippen LogP contribution in [0.2, 0.25) is 0 Å². The molecule has 284 valence electrons. The van der Waals surface area contributed by atoms with Gasteiger partial charge in [-0.25, -0.2) is 30.1 Å². The topological polar surface area (TPSA) is 34.1 Å². The van der Waals surface area contributed by atoms with Crippen LogP contribution in [0.15, 0.2) is 78.9 Å². The van der Waals surface area contributed by atoms with Gasteiger partial charge in [-0.05, 0) is 200 Å². The van der Waals surface area contributed by atoms with Crippen molar-refractivity contribution in [3.63, 3.8) is 0 Å². The third-order valence-corrected chi connectivity index (χ3v) is 12.3. The molecule has 0 N–H and O–H groups in total. The van der Waals surface area contributed by atoms with Gasteiger partial charge in [0.2, 0.25) is 0 Å². The summed E-state index contributed by atoms with van der Waals surface area (Å²) in [5.41, 5.74) is 11.5. The molecule has 0 saturated heterocycles. The second-order valence-corrected chi connectivity index (χ2v) is 25.9. The van der Waals surface area contributed by atoms with E-state index in [0.29, 0.717) is 16.4 Å². The molecule has 0 unspecified atom stereocenters. The molecule has 9 heteroatoms. The number of aryl methyl sites for hydroxylation is 2. The molecule has 0 radical (unpaired) electrons. The molecule has 0 bridgehead atoms. The first kappa shape index (κ1) is 46.8. The van der Waals surface area contributed by atoms with Crippen LogP contribution in [-0.2, 0) is 21.7 Å². The fourth-order valence-electron chi connectivity index (χ4n) is 7.01. The standard InChI is InChI=1S/C22H25IO.C15H22.C7H4ClIO.Al.3ClH/c1-14-12-18-19(22(4,5)11-10-21(18,2)3)13-17(14)20(24)15-6-8-16(23)9-7-15;1-11-6-7-12-13(10-11)15(4,5)9-8-14(12,2)3;8-7(10)5-1-3-6(9)4-2-5;;;;/h6-9,12-13H,10-11H2,1-5H3;6-7,10H,8-9H2,1-5H3;1-4H;;3*1H/q;;;+3;;;/p-3. The molecule has 0 heterocycles. The van der Waals surface area contributed by atoms with E-state index in [4.69, 9.17) is 41.7 Å². The second-order valence-electron chi connectivity index (χ2n) is 16.7. The highest BCUT2D eigenvalue weighted by Gasteiger charge is 2.38. The van der Waals surface area contributed by atoms with Crippen LogP contribution in [-0.4, -0.2) is 22.4 Å². The third-order valence-electron chi connectivity index (χ3n) is 10.6. The Balaban J connectivity index is 0.000000222. The SMILES string of the molecule is Cc1cc2c(cc1C(=O)c1ccc(I)cc1)C(C)(C)CCC2(C)C.Cc1ccc2c(c1)C(C)(C)CCC2(C)C.O=C(Cl)c1ccc(I)cc1.[Cl][Al]([Cl])[Cl]. The number of halogens is 6. The van der Waals surface area contributed by atoms with E-state index in [2.05, 4.69) is 145 Å². The van der Waals surface area contributed by atoms with Crippen molar-refractivity contribution in [2.75, 3.05) is 0 Å². The summed E-state index contributed by atoms with van der Waals surface area (Å²) in [4.78, 5) is 23.6. The molecule has 2 nitrogen and oxygen atoms in total. The quantitative estimate of drug-likeness (QED) is 0.0887.